The fourth-order valence-corrected chi connectivity index (χ4v) is 4.47. The molecule has 0 saturated heterocycles. The number of aromatic carboxylic acids is 1. The summed E-state index contributed by atoms with van der Waals surface area (Å²) in [4.78, 5) is 15.5. The fourth-order valence-electron chi connectivity index (χ4n) is 3.62. The molecule has 2 aromatic heterocycles. The van der Waals surface area contributed by atoms with Crippen molar-refractivity contribution in [2.75, 3.05) is 0 Å². The summed E-state index contributed by atoms with van der Waals surface area (Å²) < 4.78 is 54.5. The minimum absolute atomic E-state index is 0.00804. The van der Waals surface area contributed by atoms with E-state index in [1.54, 1.807) is 24.3 Å². The number of rotatable bonds is 8. The van der Waals surface area contributed by atoms with Gasteiger partial charge >= 0.3 is 12.3 Å². The predicted octanol–water partition coefficient (Wildman–Crippen LogP) is 7.07. The number of aromatic nitrogens is 2. The molecule has 0 saturated carbocycles. The van der Waals surface area contributed by atoms with Gasteiger partial charge in [0, 0.05) is 17.0 Å². The maximum Gasteiger partial charge on any atom is 0.573 e. The van der Waals surface area contributed by atoms with E-state index in [1.807, 2.05) is 20.8 Å². The molecule has 4 aromatic rings. The first kappa shape index (κ1) is 25.2. The van der Waals surface area contributed by atoms with Crippen LogP contribution in [0.15, 0.2) is 53.2 Å². The van der Waals surface area contributed by atoms with Crippen LogP contribution in [0.1, 0.15) is 46.3 Å². The SMILES string of the molecule is Cc1cc(OCc2c(-c3ccccc3OC(F)(F)F)noc2C(C)C)ccc1-c1ncc(C(=O)O)s1. The van der Waals surface area contributed by atoms with Gasteiger partial charge in [0.15, 0.2) is 0 Å². The van der Waals surface area contributed by atoms with Crippen molar-refractivity contribution in [3.63, 3.8) is 0 Å². The van der Waals surface area contributed by atoms with E-state index in [2.05, 4.69) is 14.9 Å². The Morgan fingerprint density at radius 2 is 1.92 bits per heavy atom. The summed E-state index contributed by atoms with van der Waals surface area (Å²) in [5, 5.41) is 13.7. The Morgan fingerprint density at radius 3 is 2.56 bits per heavy atom. The van der Waals surface area contributed by atoms with Crippen LogP contribution in [0.25, 0.3) is 21.8 Å². The molecule has 1 N–H and O–H groups in total. The third kappa shape index (κ3) is 5.51. The summed E-state index contributed by atoms with van der Waals surface area (Å²) >= 11 is 1.07. The van der Waals surface area contributed by atoms with E-state index < -0.39 is 12.3 Å². The first-order chi connectivity index (χ1) is 17.0. The smallest absolute Gasteiger partial charge is 0.489 e. The van der Waals surface area contributed by atoms with Gasteiger partial charge in [-0.05, 0) is 42.8 Å². The number of thiazole rings is 1. The minimum Gasteiger partial charge on any atom is -0.489 e. The van der Waals surface area contributed by atoms with Crippen LogP contribution in [0, 0.1) is 6.92 Å². The van der Waals surface area contributed by atoms with Crippen molar-refractivity contribution in [1.29, 1.82) is 0 Å². The summed E-state index contributed by atoms with van der Waals surface area (Å²) in [5.74, 6) is -0.529. The first-order valence-electron chi connectivity index (χ1n) is 10.8. The number of halogens is 3. The van der Waals surface area contributed by atoms with Gasteiger partial charge in [-0.1, -0.05) is 31.1 Å². The average molecular weight is 519 g/mol. The predicted molar refractivity (Wildman–Crippen MR) is 126 cm³/mol. The van der Waals surface area contributed by atoms with Crippen molar-refractivity contribution >= 4 is 17.3 Å². The molecule has 11 heteroatoms. The lowest BCUT2D eigenvalue weighted by Gasteiger charge is -2.14. The molecule has 0 spiro atoms. The third-order valence-electron chi connectivity index (χ3n) is 5.24. The molecule has 0 radical (unpaired) electrons. The molecule has 0 aliphatic rings. The Bertz CT molecular complexity index is 1390. The van der Waals surface area contributed by atoms with Gasteiger partial charge in [0.05, 0.1) is 11.8 Å². The van der Waals surface area contributed by atoms with Crippen LogP contribution in [-0.2, 0) is 6.61 Å². The number of carboxylic acids is 1. The van der Waals surface area contributed by atoms with Gasteiger partial charge in [-0.25, -0.2) is 9.78 Å². The van der Waals surface area contributed by atoms with Gasteiger partial charge in [0.2, 0.25) is 0 Å². The number of carboxylic acid groups (broad SMARTS) is 1. The number of hydrogen-bond donors (Lipinski definition) is 1. The summed E-state index contributed by atoms with van der Waals surface area (Å²) in [6, 6.07) is 11.0. The number of para-hydroxylation sites is 1. The van der Waals surface area contributed by atoms with Crippen LogP contribution in [-0.4, -0.2) is 27.6 Å². The van der Waals surface area contributed by atoms with Gasteiger partial charge < -0.3 is 19.1 Å². The van der Waals surface area contributed by atoms with Gasteiger partial charge in [-0.15, -0.1) is 24.5 Å². The number of nitrogens with zero attached hydrogens (tertiary/aromatic N) is 2. The van der Waals surface area contributed by atoms with Gasteiger partial charge in [0.25, 0.3) is 0 Å². The molecule has 0 unspecified atom stereocenters. The number of benzene rings is 2. The Morgan fingerprint density at radius 1 is 1.17 bits per heavy atom. The second-order valence-corrected chi connectivity index (χ2v) is 9.20. The molecule has 2 heterocycles. The third-order valence-corrected chi connectivity index (χ3v) is 6.26. The number of alkyl halides is 3. The monoisotopic (exact) mass is 518 g/mol. The van der Waals surface area contributed by atoms with Crippen LogP contribution in [0.5, 0.6) is 11.5 Å². The molecule has 2 aromatic carbocycles. The Balaban J connectivity index is 1.62. The van der Waals surface area contributed by atoms with Crippen LogP contribution in [0.2, 0.25) is 0 Å². The van der Waals surface area contributed by atoms with E-state index in [1.165, 1.54) is 24.4 Å². The van der Waals surface area contributed by atoms with Crippen molar-refractivity contribution in [1.82, 2.24) is 10.1 Å². The van der Waals surface area contributed by atoms with E-state index in [4.69, 9.17) is 14.4 Å². The summed E-state index contributed by atoms with van der Waals surface area (Å²) in [6.07, 6.45) is -3.55. The highest BCUT2D eigenvalue weighted by molar-refractivity contribution is 7.16. The molecule has 0 amide bonds. The minimum atomic E-state index is -4.86. The summed E-state index contributed by atoms with van der Waals surface area (Å²) in [6.45, 7) is 5.60. The van der Waals surface area contributed by atoms with E-state index in [9.17, 15) is 18.0 Å². The zero-order chi connectivity index (χ0) is 26.0. The summed E-state index contributed by atoms with van der Waals surface area (Å²) in [7, 11) is 0. The fraction of sp³-hybridized carbons (Fsp3) is 0.240. The van der Waals surface area contributed by atoms with E-state index >= 15 is 0 Å². The second-order valence-electron chi connectivity index (χ2n) is 8.17. The number of carbonyl (C=O) groups is 1. The zero-order valence-corrected chi connectivity index (χ0v) is 20.2. The number of ether oxygens (including phenoxy) is 2. The Hall–Kier alpha value is -3.86. The molecule has 0 atom stereocenters. The average Bonchev–Trinajstić information content (AvgIpc) is 3.45. The molecule has 0 aliphatic heterocycles. The number of hydrogen-bond acceptors (Lipinski definition) is 7. The van der Waals surface area contributed by atoms with Crippen LogP contribution >= 0.6 is 11.3 Å². The lowest BCUT2D eigenvalue weighted by atomic mass is 10.0. The molecule has 4 rings (SSSR count). The highest BCUT2D eigenvalue weighted by atomic mass is 32.1. The molecule has 188 valence electrons. The molecule has 0 fully saturated rings. The largest absolute Gasteiger partial charge is 0.573 e. The normalized spacial score (nSPS) is 11.6. The van der Waals surface area contributed by atoms with Crippen molar-refractivity contribution in [3.8, 4) is 33.3 Å². The second kappa shape index (κ2) is 10.0. The Labute approximate surface area is 208 Å². The van der Waals surface area contributed by atoms with Crippen molar-refractivity contribution in [3.05, 3.63) is 70.4 Å². The van der Waals surface area contributed by atoms with E-state index in [0.717, 1.165) is 22.5 Å². The molecular formula is C25H21F3N2O5S. The molecule has 0 bridgehead atoms. The highest BCUT2D eigenvalue weighted by Crippen LogP contribution is 2.38. The van der Waals surface area contributed by atoms with Crippen molar-refractivity contribution < 1.29 is 37.1 Å². The topological polar surface area (TPSA) is 94.7 Å². The maximum absolute atomic E-state index is 13.0. The lowest BCUT2D eigenvalue weighted by molar-refractivity contribution is -0.274. The van der Waals surface area contributed by atoms with Crippen LogP contribution < -0.4 is 9.47 Å². The van der Waals surface area contributed by atoms with Gasteiger partial charge in [-0.2, -0.15) is 0 Å². The van der Waals surface area contributed by atoms with Gasteiger partial charge in [-0.3, -0.25) is 0 Å². The molecule has 0 aliphatic carbocycles. The summed E-state index contributed by atoms with van der Waals surface area (Å²) in [5.41, 5.74) is 2.43. The maximum atomic E-state index is 13.0. The molecular weight excluding hydrogens is 497 g/mol. The van der Waals surface area contributed by atoms with E-state index in [-0.39, 0.29) is 34.4 Å². The quantitative estimate of drug-likeness (QED) is 0.266. The van der Waals surface area contributed by atoms with Crippen LogP contribution in [0.3, 0.4) is 0 Å². The van der Waals surface area contributed by atoms with Crippen molar-refractivity contribution in [2.45, 2.75) is 39.7 Å². The highest BCUT2D eigenvalue weighted by Gasteiger charge is 2.33. The first-order valence-corrected chi connectivity index (χ1v) is 11.6. The zero-order valence-electron chi connectivity index (χ0n) is 19.4. The van der Waals surface area contributed by atoms with Crippen LogP contribution in [0.4, 0.5) is 13.2 Å². The number of aryl methyl sites for hydroxylation is 1. The Kier molecular flexibility index (Phi) is 7.02. The van der Waals surface area contributed by atoms with Gasteiger partial charge in [0.1, 0.15) is 39.4 Å². The lowest BCUT2D eigenvalue weighted by Crippen LogP contribution is -2.17. The molecule has 7 nitrogen and oxygen atoms in total. The standard InChI is InChI=1S/C25H21F3N2O5S/c1-13(2)22-18(21(30-35-22)17-6-4-5-7-19(17)34-25(26,27)28)12-33-15-8-9-16(14(3)10-15)23-29-11-20(36-23)24(31)32/h4-11,13H,12H2,1-3H3,(H,31,32). The van der Waals surface area contributed by atoms with E-state index in [0.29, 0.717) is 22.1 Å². The molecule has 36 heavy (non-hydrogen) atoms. The van der Waals surface area contributed by atoms with Crippen molar-refractivity contribution in [2.24, 2.45) is 0 Å².